The van der Waals surface area contributed by atoms with Gasteiger partial charge < -0.3 is 9.80 Å². The van der Waals surface area contributed by atoms with Gasteiger partial charge in [0.1, 0.15) is 0 Å². The van der Waals surface area contributed by atoms with Crippen LogP contribution >= 0.6 is 0 Å². The number of allylic oxidation sites excluding steroid dienone is 19. The monoisotopic (exact) mass is 835 g/mol. The molecule has 0 saturated carbocycles. The molecular formula is C61H74N2. The number of anilines is 1. The largest absolute Gasteiger partial charge is 0.356 e. The summed E-state index contributed by atoms with van der Waals surface area (Å²) in [5.74, 6) is 3.08. The second-order valence-corrected chi connectivity index (χ2v) is 21.7. The average molecular weight is 835 g/mol. The van der Waals surface area contributed by atoms with Crippen molar-refractivity contribution in [1.82, 2.24) is 4.90 Å². The third-order valence-corrected chi connectivity index (χ3v) is 16.8. The number of benzene rings is 2. The Kier molecular flexibility index (Phi) is 11.5. The molecule has 2 heteroatoms. The van der Waals surface area contributed by atoms with Gasteiger partial charge in [-0.15, -0.1) is 0 Å². The summed E-state index contributed by atoms with van der Waals surface area (Å²) in [4.78, 5) is 5.73. The molecule has 0 aliphatic heterocycles. The second-order valence-electron chi connectivity index (χ2n) is 21.7. The van der Waals surface area contributed by atoms with Gasteiger partial charge in [-0.2, -0.15) is 0 Å². The van der Waals surface area contributed by atoms with Gasteiger partial charge in [0, 0.05) is 34.2 Å². The van der Waals surface area contributed by atoms with Crippen LogP contribution in [0.4, 0.5) is 5.69 Å². The first kappa shape index (κ1) is 42.4. The Morgan fingerprint density at radius 1 is 0.746 bits per heavy atom. The number of rotatable bonds is 10. The van der Waals surface area contributed by atoms with Gasteiger partial charge in [-0.3, -0.25) is 0 Å². The first-order valence-corrected chi connectivity index (χ1v) is 25.3. The SMILES string of the molecule is CC1C=CC(N(C2C=CC(C(C)C)CC2)[C@]2(C)CC(C3CC=CCC3)=C3CCc4c(N(C5=CC=CCC5)C5=CC=C(C(C)C)CC5)cc(C5(C)C=CC=CC5)c5ccc2c3c45)=CC1. The van der Waals surface area contributed by atoms with Crippen molar-refractivity contribution in [1.29, 1.82) is 0 Å². The van der Waals surface area contributed by atoms with Crippen molar-refractivity contribution in [2.45, 2.75) is 155 Å². The zero-order valence-electron chi connectivity index (χ0n) is 39.7. The molecule has 63 heavy (non-hydrogen) atoms. The maximum absolute atomic E-state index is 2.96. The molecule has 10 rings (SSSR count). The molecule has 0 aromatic heterocycles. The number of aryl methyl sites for hydroxylation is 1. The zero-order valence-corrected chi connectivity index (χ0v) is 39.7. The van der Waals surface area contributed by atoms with Crippen LogP contribution in [0, 0.1) is 29.6 Å². The molecule has 0 saturated heterocycles. The van der Waals surface area contributed by atoms with Crippen LogP contribution in [0.25, 0.3) is 16.3 Å². The minimum Gasteiger partial charge on any atom is -0.356 e. The first-order chi connectivity index (χ1) is 30.5. The van der Waals surface area contributed by atoms with E-state index in [0.29, 0.717) is 35.6 Å². The van der Waals surface area contributed by atoms with Gasteiger partial charge in [-0.05, 0) is 189 Å². The van der Waals surface area contributed by atoms with Gasteiger partial charge in [-0.1, -0.05) is 144 Å². The average Bonchev–Trinajstić information content (AvgIpc) is 3.31. The number of nitrogens with zero attached hydrogens (tertiary/aromatic N) is 2. The lowest BCUT2D eigenvalue weighted by Gasteiger charge is -2.54. The van der Waals surface area contributed by atoms with Crippen molar-refractivity contribution in [3.05, 3.63) is 166 Å². The molecule has 0 spiro atoms. The highest BCUT2D eigenvalue weighted by Gasteiger charge is 2.47. The van der Waals surface area contributed by atoms with Gasteiger partial charge in [0.2, 0.25) is 0 Å². The van der Waals surface area contributed by atoms with E-state index in [1.54, 1.807) is 38.8 Å². The lowest BCUT2D eigenvalue weighted by Crippen LogP contribution is -2.51. The smallest absolute Gasteiger partial charge is 0.0675 e. The van der Waals surface area contributed by atoms with Crippen LogP contribution in [-0.4, -0.2) is 10.9 Å². The van der Waals surface area contributed by atoms with Crippen LogP contribution in [0.3, 0.4) is 0 Å². The van der Waals surface area contributed by atoms with Crippen LogP contribution in [-0.2, 0) is 17.4 Å². The third-order valence-electron chi connectivity index (χ3n) is 16.8. The Bertz CT molecular complexity index is 2500. The van der Waals surface area contributed by atoms with Crippen LogP contribution in [0.2, 0.25) is 0 Å². The summed E-state index contributed by atoms with van der Waals surface area (Å²) in [5.41, 5.74) is 16.7. The molecule has 0 bridgehead atoms. The van der Waals surface area contributed by atoms with E-state index in [4.69, 9.17) is 0 Å². The van der Waals surface area contributed by atoms with Crippen LogP contribution in [0.15, 0.2) is 144 Å². The highest BCUT2D eigenvalue weighted by molar-refractivity contribution is 6.06. The number of hydrogen-bond acceptors (Lipinski definition) is 2. The van der Waals surface area contributed by atoms with Crippen molar-refractivity contribution in [2.24, 2.45) is 29.6 Å². The standard InChI is InChI=1S/C61H74N2/c1-41(2)44-23-29-48(30-24-44)62(47-19-13-9-14-20-47)57-39-56(60(6)37-15-10-16-38-60)52-35-36-55-59-51(33-34-53(57)58(52)59)54(46-17-11-8-12-18-46)40-61(55,7)63(49-27-21-43(5)22-28-49)50-31-25-45(26-32-50)42(3)4/h8-11,13,15-16,19,21,23,25,27-29,31,35-37,39,41-43,45-46,50H,12,14,17-18,20,22,24,26,30,32-34,38,40H2,1-7H3/t43?,45?,46?,50?,60?,61-/m1/s1. The summed E-state index contributed by atoms with van der Waals surface area (Å²) in [7, 11) is 0. The summed E-state index contributed by atoms with van der Waals surface area (Å²) in [6.45, 7) is 17.1. The lowest BCUT2D eigenvalue weighted by molar-refractivity contribution is 0.100. The molecule has 0 fully saturated rings. The van der Waals surface area contributed by atoms with Crippen molar-refractivity contribution in [3.63, 3.8) is 0 Å². The Hall–Kier alpha value is -4.56. The van der Waals surface area contributed by atoms with E-state index < -0.39 is 0 Å². The Morgan fingerprint density at radius 3 is 2.29 bits per heavy atom. The summed E-state index contributed by atoms with van der Waals surface area (Å²) < 4.78 is 0. The molecule has 2 aromatic carbocycles. The molecule has 5 unspecified atom stereocenters. The molecule has 0 amide bonds. The highest BCUT2D eigenvalue weighted by Crippen LogP contribution is 2.58. The molecule has 0 radical (unpaired) electrons. The maximum Gasteiger partial charge on any atom is 0.0675 e. The fraction of sp³-hybridized carbons (Fsp3) is 0.475. The molecule has 328 valence electrons. The Labute approximate surface area is 381 Å². The van der Waals surface area contributed by atoms with Crippen molar-refractivity contribution >= 4 is 22.0 Å². The molecule has 2 nitrogen and oxygen atoms in total. The van der Waals surface area contributed by atoms with E-state index in [1.165, 1.54) is 65.8 Å². The quantitative estimate of drug-likeness (QED) is 0.220. The molecule has 0 heterocycles. The second kappa shape index (κ2) is 17.1. The molecule has 8 aliphatic carbocycles. The van der Waals surface area contributed by atoms with E-state index in [1.807, 2.05) is 0 Å². The molecule has 2 aromatic rings. The molecule has 6 atom stereocenters. The summed E-state index contributed by atoms with van der Waals surface area (Å²) >= 11 is 0. The predicted octanol–water partition coefficient (Wildman–Crippen LogP) is 16.4. The maximum atomic E-state index is 2.96. The van der Waals surface area contributed by atoms with Gasteiger partial charge in [0.15, 0.2) is 0 Å². The van der Waals surface area contributed by atoms with E-state index in [9.17, 15) is 0 Å². The molecule has 0 N–H and O–H groups in total. The summed E-state index contributed by atoms with van der Waals surface area (Å²) in [5, 5.41) is 3.04. The van der Waals surface area contributed by atoms with Crippen molar-refractivity contribution < 1.29 is 0 Å². The van der Waals surface area contributed by atoms with Gasteiger partial charge in [-0.25, -0.2) is 0 Å². The Balaban J connectivity index is 1.27. The third kappa shape index (κ3) is 7.60. The van der Waals surface area contributed by atoms with E-state index in [2.05, 4.69) is 174 Å². The summed E-state index contributed by atoms with van der Waals surface area (Å²) in [6.07, 6.45) is 55.2. The fourth-order valence-corrected chi connectivity index (χ4v) is 13.1. The van der Waals surface area contributed by atoms with Crippen molar-refractivity contribution in [2.75, 3.05) is 4.90 Å². The fourth-order valence-electron chi connectivity index (χ4n) is 13.1. The van der Waals surface area contributed by atoms with Crippen molar-refractivity contribution in [3.8, 4) is 0 Å². The zero-order chi connectivity index (χ0) is 43.5. The molecule has 8 aliphatic rings. The molecular weight excluding hydrogens is 761 g/mol. The number of hydrogen-bond donors (Lipinski definition) is 0. The van der Waals surface area contributed by atoms with Crippen LogP contribution in [0.5, 0.6) is 0 Å². The van der Waals surface area contributed by atoms with Gasteiger partial charge in [0.05, 0.1) is 5.54 Å². The van der Waals surface area contributed by atoms with E-state index >= 15 is 0 Å². The normalized spacial score (nSPS) is 29.9. The topological polar surface area (TPSA) is 6.48 Å². The van der Waals surface area contributed by atoms with Gasteiger partial charge >= 0.3 is 0 Å². The highest BCUT2D eigenvalue weighted by atomic mass is 15.2. The predicted molar refractivity (Wildman–Crippen MR) is 270 cm³/mol. The van der Waals surface area contributed by atoms with Crippen LogP contribution < -0.4 is 4.90 Å². The van der Waals surface area contributed by atoms with Crippen LogP contribution in [0.1, 0.15) is 154 Å². The van der Waals surface area contributed by atoms with Gasteiger partial charge in [0.25, 0.3) is 0 Å². The van der Waals surface area contributed by atoms with E-state index in [0.717, 1.165) is 57.8 Å². The lowest BCUT2D eigenvalue weighted by atomic mass is 9.63. The minimum absolute atomic E-state index is 0.106. The Morgan fingerprint density at radius 2 is 1.62 bits per heavy atom. The first-order valence-electron chi connectivity index (χ1n) is 25.3. The minimum atomic E-state index is -0.206. The van der Waals surface area contributed by atoms with E-state index in [-0.39, 0.29) is 11.0 Å². The summed E-state index contributed by atoms with van der Waals surface area (Å²) in [6, 6.07) is 8.28.